The molecule has 27 heavy (non-hydrogen) atoms. The van der Waals surface area contributed by atoms with Crippen molar-refractivity contribution >= 4 is 34.2 Å². The van der Waals surface area contributed by atoms with Crippen LogP contribution < -0.4 is 10.6 Å². The Morgan fingerprint density at radius 2 is 1.81 bits per heavy atom. The second kappa shape index (κ2) is 10.6. The van der Waals surface area contributed by atoms with Gasteiger partial charge in [-0.2, -0.15) is 4.31 Å². The summed E-state index contributed by atoms with van der Waals surface area (Å²) in [5, 5.41) is 5.73. The number of nitrogens with zero attached hydrogens (tertiary/aromatic N) is 2. The number of sulfonamides is 1. The van der Waals surface area contributed by atoms with Gasteiger partial charge < -0.3 is 15.5 Å². The minimum Gasteiger partial charge on any atom is -0.343 e. The fourth-order valence-corrected chi connectivity index (χ4v) is 4.30. The van der Waals surface area contributed by atoms with Crippen LogP contribution in [0.25, 0.3) is 0 Å². The molecule has 2 rings (SSSR count). The minimum atomic E-state index is -3.63. The lowest BCUT2D eigenvalue weighted by Gasteiger charge is -2.27. The lowest BCUT2D eigenvalue weighted by molar-refractivity contribution is -0.130. The van der Waals surface area contributed by atoms with E-state index in [1.807, 2.05) is 0 Å². The summed E-state index contributed by atoms with van der Waals surface area (Å²) in [7, 11) is -3.63. The van der Waals surface area contributed by atoms with Crippen LogP contribution in [-0.2, 0) is 14.8 Å². The standard InChI is InChI=1S/C17H26N4O4S.ClH/c1-3-21(4-2)26(24,25)15-7-5-6-14(12-15)17(23)19-13-16(22)20-10-8-18-9-11-20;/h5-7,12,18H,3-4,8-11,13H2,1-2H3,(H,19,23);1H. The Bertz CT molecular complexity index is 747. The molecule has 0 bridgehead atoms. The van der Waals surface area contributed by atoms with Crippen molar-refractivity contribution in [3.8, 4) is 0 Å². The third kappa shape index (κ3) is 5.90. The molecule has 0 saturated carbocycles. The quantitative estimate of drug-likeness (QED) is 0.663. The number of nitrogens with one attached hydrogen (secondary N) is 2. The summed E-state index contributed by atoms with van der Waals surface area (Å²) in [6, 6.07) is 5.88. The van der Waals surface area contributed by atoms with Crippen LogP contribution in [-0.4, -0.2) is 75.3 Å². The first-order valence-electron chi connectivity index (χ1n) is 8.77. The molecular formula is C17H27ClN4O4S. The highest BCUT2D eigenvalue weighted by molar-refractivity contribution is 7.89. The van der Waals surface area contributed by atoms with E-state index in [4.69, 9.17) is 0 Å². The van der Waals surface area contributed by atoms with Crippen molar-refractivity contribution in [3.05, 3.63) is 29.8 Å². The number of amides is 2. The second-order valence-corrected chi connectivity index (χ2v) is 7.87. The molecule has 1 aliphatic rings. The van der Waals surface area contributed by atoms with Gasteiger partial charge in [0.25, 0.3) is 5.91 Å². The lowest BCUT2D eigenvalue weighted by Crippen LogP contribution is -2.49. The van der Waals surface area contributed by atoms with E-state index >= 15 is 0 Å². The predicted molar refractivity (Wildman–Crippen MR) is 106 cm³/mol. The first kappa shape index (κ1) is 23.4. The zero-order chi connectivity index (χ0) is 19.2. The largest absolute Gasteiger partial charge is 0.343 e. The molecule has 152 valence electrons. The first-order chi connectivity index (χ1) is 12.4. The number of carbonyl (C=O) groups is 2. The highest BCUT2D eigenvalue weighted by Crippen LogP contribution is 2.17. The van der Waals surface area contributed by atoms with E-state index in [0.29, 0.717) is 26.2 Å². The smallest absolute Gasteiger partial charge is 0.251 e. The number of rotatable bonds is 7. The molecular weight excluding hydrogens is 392 g/mol. The van der Waals surface area contributed by atoms with Gasteiger partial charge in [-0.05, 0) is 18.2 Å². The van der Waals surface area contributed by atoms with Gasteiger partial charge >= 0.3 is 0 Å². The van der Waals surface area contributed by atoms with Crippen LogP contribution in [0.5, 0.6) is 0 Å². The highest BCUT2D eigenvalue weighted by Gasteiger charge is 2.23. The van der Waals surface area contributed by atoms with Crippen LogP contribution in [0.1, 0.15) is 24.2 Å². The monoisotopic (exact) mass is 418 g/mol. The van der Waals surface area contributed by atoms with Crippen molar-refractivity contribution in [1.29, 1.82) is 0 Å². The van der Waals surface area contributed by atoms with E-state index in [1.165, 1.54) is 28.6 Å². The number of halogens is 1. The molecule has 10 heteroatoms. The van der Waals surface area contributed by atoms with Crippen LogP contribution in [0.2, 0.25) is 0 Å². The van der Waals surface area contributed by atoms with Crippen LogP contribution in [0.15, 0.2) is 29.2 Å². The lowest BCUT2D eigenvalue weighted by atomic mass is 10.2. The second-order valence-electron chi connectivity index (χ2n) is 5.93. The summed E-state index contributed by atoms with van der Waals surface area (Å²) in [4.78, 5) is 26.2. The Hall–Kier alpha value is -1.68. The summed E-state index contributed by atoms with van der Waals surface area (Å²) in [5.41, 5.74) is 0.214. The van der Waals surface area contributed by atoms with E-state index in [0.717, 1.165) is 13.1 Å². The molecule has 2 amide bonds. The van der Waals surface area contributed by atoms with Crippen molar-refractivity contribution in [2.45, 2.75) is 18.7 Å². The highest BCUT2D eigenvalue weighted by atomic mass is 35.5. The van der Waals surface area contributed by atoms with Gasteiger partial charge in [-0.25, -0.2) is 8.42 Å². The fraction of sp³-hybridized carbons (Fsp3) is 0.529. The first-order valence-corrected chi connectivity index (χ1v) is 10.2. The van der Waals surface area contributed by atoms with Crippen molar-refractivity contribution in [2.75, 3.05) is 45.8 Å². The van der Waals surface area contributed by atoms with Gasteiger partial charge in [-0.3, -0.25) is 9.59 Å². The average molecular weight is 419 g/mol. The molecule has 1 fully saturated rings. The molecule has 0 radical (unpaired) electrons. The van der Waals surface area contributed by atoms with E-state index in [2.05, 4.69) is 10.6 Å². The number of piperazine rings is 1. The molecule has 1 aromatic carbocycles. The molecule has 1 aromatic rings. The Kier molecular flexibility index (Phi) is 9.17. The van der Waals surface area contributed by atoms with Crippen LogP contribution >= 0.6 is 12.4 Å². The van der Waals surface area contributed by atoms with Crippen LogP contribution in [0, 0.1) is 0 Å². The molecule has 1 heterocycles. The van der Waals surface area contributed by atoms with Gasteiger partial charge in [0, 0.05) is 44.8 Å². The molecule has 0 unspecified atom stereocenters. The normalized spacial score (nSPS) is 14.6. The summed E-state index contributed by atoms with van der Waals surface area (Å²) in [6.45, 7) is 6.85. The Morgan fingerprint density at radius 1 is 1.19 bits per heavy atom. The Balaban J connectivity index is 0.00000364. The Labute approximate surface area is 166 Å². The van der Waals surface area contributed by atoms with Gasteiger partial charge in [-0.15, -0.1) is 12.4 Å². The molecule has 1 saturated heterocycles. The van der Waals surface area contributed by atoms with Gasteiger partial charge in [0.1, 0.15) is 0 Å². The maximum Gasteiger partial charge on any atom is 0.251 e. The number of hydrogen-bond donors (Lipinski definition) is 2. The average Bonchev–Trinajstić information content (AvgIpc) is 2.67. The van der Waals surface area contributed by atoms with E-state index < -0.39 is 15.9 Å². The van der Waals surface area contributed by atoms with Gasteiger partial charge in [0.2, 0.25) is 15.9 Å². The Morgan fingerprint density at radius 3 is 2.41 bits per heavy atom. The van der Waals surface area contributed by atoms with E-state index in [1.54, 1.807) is 18.7 Å². The zero-order valence-electron chi connectivity index (χ0n) is 15.6. The molecule has 2 N–H and O–H groups in total. The number of benzene rings is 1. The van der Waals surface area contributed by atoms with Crippen molar-refractivity contribution < 1.29 is 18.0 Å². The summed E-state index contributed by atoms with van der Waals surface area (Å²) >= 11 is 0. The molecule has 8 nitrogen and oxygen atoms in total. The molecule has 1 aliphatic heterocycles. The molecule has 0 atom stereocenters. The van der Waals surface area contributed by atoms with Crippen LogP contribution in [0.4, 0.5) is 0 Å². The molecule has 0 aliphatic carbocycles. The van der Waals surface area contributed by atoms with E-state index in [-0.39, 0.29) is 35.3 Å². The summed E-state index contributed by atoms with van der Waals surface area (Å²) in [6.07, 6.45) is 0. The minimum absolute atomic E-state index is 0. The zero-order valence-corrected chi connectivity index (χ0v) is 17.2. The van der Waals surface area contributed by atoms with Crippen LogP contribution in [0.3, 0.4) is 0 Å². The third-order valence-electron chi connectivity index (χ3n) is 4.31. The fourth-order valence-electron chi connectivity index (χ4n) is 2.79. The van der Waals surface area contributed by atoms with Gasteiger partial charge in [-0.1, -0.05) is 19.9 Å². The molecule has 0 spiro atoms. The van der Waals surface area contributed by atoms with Crippen molar-refractivity contribution in [1.82, 2.24) is 19.8 Å². The van der Waals surface area contributed by atoms with Gasteiger partial charge in [0.15, 0.2) is 0 Å². The molecule has 0 aromatic heterocycles. The predicted octanol–water partition coefficient (Wildman–Crippen LogP) is 0.301. The van der Waals surface area contributed by atoms with E-state index in [9.17, 15) is 18.0 Å². The number of carbonyl (C=O) groups excluding carboxylic acids is 2. The maximum atomic E-state index is 12.6. The number of hydrogen-bond acceptors (Lipinski definition) is 5. The summed E-state index contributed by atoms with van der Waals surface area (Å²) in [5.74, 6) is -0.614. The van der Waals surface area contributed by atoms with Gasteiger partial charge in [0.05, 0.1) is 11.4 Å². The topological polar surface area (TPSA) is 98.8 Å². The maximum absolute atomic E-state index is 12.6. The van der Waals surface area contributed by atoms with Crippen molar-refractivity contribution in [2.24, 2.45) is 0 Å². The van der Waals surface area contributed by atoms with Crippen molar-refractivity contribution in [3.63, 3.8) is 0 Å². The third-order valence-corrected chi connectivity index (χ3v) is 6.36. The SMILES string of the molecule is CCN(CC)S(=O)(=O)c1cccc(C(=O)NCC(=O)N2CCNCC2)c1.Cl. The summed E-state index contributed by atoms with van der Waals surface area (Å²) < 4.78 is 26.5.